The van der Waals surface area contributed by atoms with E-state index in [0.717, 1.165) is 24.1 Å². The van der Waals surface area contributed by atoms with E-state index >= 15 is 0 Å². The highest BCUT2D eigenvalue weighted by Crippen LogP contribution is 2.18. The van der Waals surface area contributed by atoms with Crippen LogP contribution in [0.5, 0.6) is 0 Å². The van der Waals surface area contributed by atoms with Gasteiger partial charge in [0.2, 0.25) is 0 Å². The molecule has 0 unspecified atom stereocenters. The maximum atomic E-state index is 13.0. The number of halogens is 2. The summed E-state index contributed by atoms with van der Waals surface area (Å²) in [5.74, 6) is -0.834. The van der Waals surface area contributed by atoms with Gasteiger partial charge in [-0.25, -0.2) is 12.8 Å². The van der Waals surface area contributed by atoms with Gasteiger partial charge < -0.3 is 5.32 Å². The molecule has 0 atom stereocenters. The first kappa shape index (κ1) is 21.8. The molecule has 0 fully saturated rings. The smallest absolute Gasteiger partial charge is 0.261 e. The Labute approximate surface area is 179 Å². The van der Waals surface area contributed by atoms with Crippen molar-refractivity contribution in [2.24, 2.45) is 0 Å². The van der Waals surface area contributed by atoms with Crippen molar-refractivity contribution in [3.05, 3.63) is 94.8 Å². The number of hydrogen-bond donors (Lipinski definition) is 2. The average Bonchev–Trinajstić information content (AvgIpc) is 2.74. The van der Waals surface area contributed by atoms with E-state index in [-0.39, 0.29) is 22.1 Å². The predicted octanol–water partition coefficient (Wildman–Crippen LogP) is 4.64. The minimum atomic E-state index is -3.92. The van der Waals surface area contributed by atoms with Crippen molar-refractivity contribution in [1.82, 2.24) is 5.32 Å². The number of aryl methyl sites for hydroxylation is 1. The lowest BCUT2D eigenvalue weighted by atomic mass is 10.1. The number of carbonyl (C=O) groups is 1. The van der Waals surface area contributed by atoms with E-state index in [1.807, 2.05) is 24.3 Å². The molecule has 0 radical (unpaired) electrons. The molecule has 30 heavy (non-hydrogen) atoms. The third-order valence-electron chi connectivity index (χ3n) is 4.37. The Bertz CT molecular complexity index is 1140. The number of amides is 1. The third kappa shape index (κ3) is 5.81. The van der Waals surface area contributed by atoms with Crippen molar-refractivity contribution in [1.29, 1.82) is 0 Å². The molecule has 0 spiro atoms. The summed E-state index contributed by atoms with van der Waals surface area (Å²) in [5.41, 5.74) is 1.47. The zero-order valence-corrected chi connectivity index (χ0v) is 17.5. The standard InChI is InChI=1S/C22H20ClFN2O3S/c23-21-9-2-1-5-16(21)7-4-14-25-22(27)17-6-3-8-20(15-17)30(28,29)26-19-12-10-18(24)11-13-19/h1-3,5-6,8-13,15,26H,4,7,14H2,(H,25,27). The first-order valence-corrected chi connectivity index (χ1v) is 11.1. The van der Waals surface area contributed by atoms with Crippen molar-refractivity contribution in [2.45, 2.75) is 17.7 Å². The fraction of sp³-hybridized carbons (Fsp3) is 0.136. The van der Waals surface area contributed by atoms with Gasteiger partial charge in [0.15, 0.2) is 0 Å². The molecule has 0 aliphatic rings. The topological polar surface area (TPSA) is 75.3 Å². The van der Waals surface area contributed by atoms with Crippen LogP contribution < -0.4 is 10.0 Å². The molecular formula is C22H20ClFN2O3S. The van der Waals surface area contributed by atoms with Crippen molar-refractivity contribution in [3.8, 4) is 0 Å². The Morgan fingerprint density at radius 3 is 2.43 bits per heavy atom. The number of hydrogen-bond acceptors (Lipinski definition) is 3. The molecule has 2 N–H and O–H groups in total. The summed E-state index contributed by atoms with van der Waals surface area (Å²) in [7, 11) is -3.92. The quantitative estimate of drug-likeness (QED) is 0.495. The Balaban J connectivity index is 1.60. The molecule has 3 aromatic rings. The molecule has 0 saturated carbocycles. The molecule has 3 aromatic carbocycles. The van der Waals surface area contributed by atoms with Crippen LogP contribution in [0.25, 0.3) is 0 Å². The molecule has 5 nitrogen and oxygen atoms in total. The number of sulfonamides is 1. The summed E-state index contributed by atoms with van der Waals surface area (Å²) < 4.78 is 40.5. The van der Waals surface area contributed by atoms with Crippen LogP contribution in [0.4, 0.5) is 10.1 Å². The molecule has 0 bridgehead atoms. The van der Waals surface area contributed by atoms with Gasteiger partial charge in [-0.3, -0.25) is 9.52 Å². The molecule has 0 aliphatic carbocycles. The molecule has 3 rings (SSSR count). The zero-order chi connectivity index (χ0) is 21.6. The van der Waals surface area contributed by atoms with Crippen LogP contribution in [0.2, 0.25) is 5.02 Å². The average molecular weight is 447 g/mol. The van der Waals surface area contributed by atoms with Crippen LogP contribution in [0.1, 0.15) is 22.3 Å². The summed E-state index contributed by atoms with van der Waals surface area (Å²) in [5, 5.41) is 3.47. The van der Waals surface area contributed by atoms with E-state index in [0.29, 0.717) is 18.0 Å². The molecule has 0 aromatic heterocycles. The Morgan fingerprint density at radius 1 is 0.967 bits per heavy atom. The molecule has 8 heteroatoms. The van der Waals surface area contributed by atoms with Gasteiger partial charge in [0, 0.05) is 22.8 Å². The van der Waals surface area contributed by atoms with E-state index in [9.17, 15) is 17.6 Å². The molecular weight excluding hydrogens is 427 g/mol. The maximum absolute atomic E-state index is 13.0. The van der Waals surface area contributed by atoms with Gasteiger partial charge in [0.25, 0.3) is 15.9 Å². The minimum absolute atomic E-state index is 0.0597. The lowest BCUT2D eigenvalue weighted by molar-refractivity contribution is 0.0953. The fourth-order valence-corrected chi connectivity index (χ4v) is 4.15. The summed E-state index contributed by atoms with van der Waals surface area (Å²) in [6.07, 6.45) is 1.41. The number of benzene rings is 3. The van der Waals surface area contributed by atoms with Gasteiger partial charge in [0.05, 0.1) is 4.90 Å². The van der Waals surface area contributed by atoms with E-state index < -0.39 is 15.8 Å². The molecule has 1 amide bonds. The fourth-order valence-electron chi connectivity index (χ4n) is 2.82. The Hall–Kier alpha value is -2.90. The van der Waals surface area contributed by atoms with E-state index in [2.05, 4.69) is 10.0 Å². The minimum Gasteiger partial charge on any atom is -0.352 e. The normalized spacial score (nSPS) is 11.1. The molecule has 0 saturated heterocycles. The second-order valence-corrected chi connectivity index (χ2v) is 8.68. The highest BCUT2D eigenvalue weighted by molar-refractivity contribution is 7.92. The van der Waals surface area contributed by atoms with Gasteiger partial charge >= 0.3 is 0 Å². The second kappa shape index (κ2) is 9.73. The highest BCUT2D eigenvalue weighted by atomic mass is 35.5. The van der Waals surface area contributed by atoms with Gasteiger partial charge in [-0.15, -0.1) is 0 Å². The van der Waals surface area contributed by atoms with Gasteiger partial charge in [-0.05, 0) is 66.9 Å². The summed E-state index contributed by atoms with van der Waals surface area (Å²) in [4.78, 5) is 12.3. The van der Waals surface area contributed by atoms with Crippen LogP contribution in [0.15, 0.2) is 77.7 Å². The summed E-state index contributed by atoms with van der Waals surface area (Å²) in [6, 6.07) is 18.2. The highest BCUT2D eigenvalue weighted by Gasteiger charge is 2.16. The van der Waals surface area contributed by atoms with Crippen LogP contribution in [0, 0.1) is 5.82 Å². The SMILES string of the molecule is O=C(NCCCc1ccccc1Cl)c1cccc(S(=O)(=O)Nc2ccc(F)cc2)c1. The Kier molecular flexibility index (Phi) is 7.07. The van der Waals surface area contributed by atoms with Crippen molar-refractivity contribution < 1.29 is 17.6 Å². The number of carbonyl (C=O) groups excluding carboxylic acids is 1. The van der Waals surface area contributed by atoms with Crippen LogP contribution in [-0.2, 0) is 16.4 Å². The van der Waals surface area contributed by atoms with E-state index in [4.69, 9.17) is 11.6 Å². The number of anilines is 1. The molecule has 0 aliphatic heterocycles. The first-order chi connectivity index (χ1) is 14.3. The maximum Gasteiger partial charge on any atom is 0.261 e. The molecule has 0 heterocycles. The largest absolute Gasteiger partial charge is 0.352 e. The number of rotatable bonds is 8. The lowest BCUT2D eigenvalue weighted by Gasteiger charge is -2.10. The van der Waals surface area contributed by atoms with Crippen molar-refractivity contribution >= 4 is 33.2 Å². The van der Waals surface area contributed by atoms with Gasteiger partial charge in [0.1, 0.15) is 5.82 Å². The second-order valence-electron chi connectivity index (χ2n) is 6.59. The zero-order valence-electron chi connectivity index (χ0n) is 15.9. The van der Waals surface area contributed by atoms with Crippen molar-refractivity contribution in [2.75, 3.05) is 11.3 Å². The van der Waals surface area contributed by atoms with Gasteiger partial charge in [-0.1, -0.05) is 35.9 Å². The van der Waals surface area contributed by atoms with Gasteiger partial charge in [-0.2, -0.15) is 0 Å². The monoisotopic (exact) mass is 446 g/mol. The van der Waals surface area contributed by atoms with Crippen LogP contribution in [0.3, 0.4) is 0 Å². The lowest BCUT2D eigenvalue weighted by Crippen LogP contribution is -2.25. The number of nitrogens with one attached hydrogen (secondary N) is 2. The first-order valence-electron chi connectivity index (χ1n) is 9.25. The Morgan fingerprint density at radius 2 is 1.70 bits per heavy atom. The van der Waals surface area contributed by atoms with E-state index in [1.54, 1.807) is 6.07 Å². The van der Waals surface area contributed by atoms with Crippen LogP contribution >= 0.6 is 11.6 Å². The molecule has 156 valence electrons. The third-order valence-corrected chi connectivity index (χ3v) is 6.12. The van der Waals surface area contributed by atoms with Crippen molar-refractivity contribution in [3.63, 3.8) is 0 Å². The summed E-state index contributed by atoms with van der Waals surface area (Å²) in [6.45, 7) is 0.425. The van der Waals surface area contributed by atoms with E-state index in [1.165, 1.54) is 30.3 Å². The predicted molar refractivity (Wildman–Crippen MR) is 116 cm³/mol. The van der Waals surface area contributed by atoms with Crippen LogP contribution in [-0.4, -0.2) is 20.9 Å². The summed E-state index contributed by atoms with van der Waals surface area (Å²) >= 11 is 6.12.